The quantitative estimate of drug-likeness (QED) is 0.229. The van der Waals surface area contributed by atoms with Crippen LogP contribution in [0.2, 0.25) is 0 Å². The molecule has 1 unspecified atom stereocenters. The Hall–Kier alpha value is -1.60. The minimum absolute atomic E-state index is 0.00888. The number of carbonyl (C=O) groups excluding carboxylic acids is 1. The summed E-state index contributed by atoms with van der Waals surface area (Å²) in [6.45, 7) is 9.15. The molecule has 1 aromatic carbocycles. The summed E-state index contributed by atoms with van der Waals surface area (Å²) in [6, 6.07) is 8.61. The molecule has 2 aromatic rings. The van der Waals surface area contributed by atoms with Crippen LogP contribution < -0.4 is 14.9 Å². The van der Waals surface area contributed by atoms with Crippen molar-refractivity contribution in [3.8, 4) is 17.5 Å². The van der Waals surface area contributed by atoms with E-state index in [2.05, 4.69) is 14.5 Å². The number of hydrogen-bond donors (Lipinski definition) is 1. The molecule has 0 bridgehead atoms. The smallest absolute Gasteiger partial charge is 0.462 e. The zero-order valence-electron chi connectivity index (χ0n) is 15.0. The molecule has 136 valence electrons. The van der Waals surface area contributed by atoms with E-state index in [-0.39, 0.29) is 73.6 Å². The molecule has 1 aliphatic heterocycles. The van der Waals surface area contributed by atoms with Crippen LogP contribution in [0.4, 0.5) is 5.69 Å². The van der Waals surface area contributed by atoms with Gasteiger partial charge in [0.2, 0.25) is 0 Å². The first-order valence-corrected chi connectivity index (χ1v) is 11.3. The number of nitrogens with zero attached hydrogens (tertiary/aromatic N) is 2. The molecular weight excluding hydrogens is 427 g/mol. The van der Waals surface area contributed by atoms with E-state index < -0.39 is 7.13 Å². The fraction of sp³-hybridized carbons (Fsp3) is 0.235. The third-order valence-corrected chi connectivity index (χ3v) is 6.53. The Kier molecular flexibility index (Phi) is 6.42. The summed E-state index contributed by atoms with van der Waals surface area (Å²) in [4.78, 5) is 18.4. The van der Waals surface area contributed by atoms with Crippen LogP contribution in [-0.2, 0) is 16.1 Å². The van der Waals surface area contributed by atoms with Crippen molar-refractivity contribution in [3.05, 3.63) is 47.3 Å². The van der Waals surface area contributed by atoms with Crippen molar-refractivity contribution in [2.45, 2.75) is 13.5 Å². The van der Waals surface area contributed by atoms with Crippen molar-refractivity contribution in [3.63, 3.8) is 0 Å². The van der Waals surface area contributed by atoms with E-state index in [0.717, 1.165) is 11.0 Å². The average Bonchev–Trinajstić information content (AvgIpc) is 2.93. The van der Waals surface area contributed by atoms with Gasteiger partial charge in [-0.15, -0.1) is 0 Å². The number of benzene rings is 1. The summed E-state index contributed by atoms with van der Waals surface area (Å²) < 4.78 is 18.7. The van der Waals surface area contributed by atoms with Gasteiger partial charge < -0.3 is 11.3 Å². The van der Waals surface area contributed by atoms with Gasteiger partial charge in [-0.1, -0.05) is 0 Å². The number of fused-ring (bicyclic) bond motifs is 1. The van der Waals surface area contributed by atoms with E-state index in [4.69, 9.17) is 20.8 Å². The second-order valence-corrected chi connectivity index (χ2v) is 10.2. The first kappa shape index (κ1) is 20.1. The molecule has 8 nitrogen and oxygen atoms in total. The number of ether oxygens (including phenoxy) is 3. The van der Waals surface area contributed by atoms with Gasteiger partial charge in [0.05, 0.1) is 0 Å². The predicted octanol–water partition coefficient (Wildman–Crippen LogP) is 0.447. The summed E-state index contributed by atoms with van der Waals surface area (Å²) in [7, 11) is 0. The number of carbonyl (C=O) groups is 1. The Balaban J connectivity index is 1.73. The Morgan fingerprint density at radius 1 is 1.41 bits per heavy atom. The van der Waals surface area contributed by atoms with E-state index in [9.17, 15) is 9.82 Å². The Labute approximate surface area is 185 Å². The third kappa shape index (κ3) is 5.01. The summed E-state index contributed by atoms with van der Waals surface area (Å²) in [5.74, 6) is 0.561. The molecule has 27 heavy (non-hydrogen) atoms. The molecule has 1 atom stereocenters. The fourth-order valence-electron chi connectivity index (χ4n) is 2.80. The molecule has 0 saturated heterocycles. The number of rotatable bonds is 6. The number of aliphatic hydroxyl groups is 1. The molecule has 2 heterocycles. The van der Waals surface area contributed by atoms with Gasteiger partial charge in [-0.05, 0) is 0 Å². The van der Waals surface area contributed by atoms with Gasteiger partial charge in [-0.2, -0.15) is 0 Å². The SMILES string of the molecule is [C-]#[N+]c1ccc(Oc2ccc3c(c2)C[OH+][B-]3(O)[SrH])nc1OCCOC(C)=O. The first-order chi connectivity index (χ1) is 12.9. The molecular formula is C17H17BN2O6Sr. The molecule has 0 radical (unpaired) electrons. The van der Waals surface area contributed by atoms with Gasteiger partial charge in [-0.25, -0.2) is 0 Å². The van der Waals surface area contributed by atoms with Gasteiger partial charge in [0.1, 0.15) is 0 Å². The second-order valence-electron chi connectivity index (χ2n) is 6.26. The number of hydrogen-bond acceptors (Lipinski definition) is 6. The Bertz CT molecular complexity index is 915. The van der Waals surface area contributed by atoms with Crippen molar-refractivity contribution in [1.29, 1.82) is 0 Å². The van der Waals surface area contributed by atoms with Crippen LogP contribution in [0.15, 0.2) is 30.3 Å². The van der Waals surface area contributed by atoms with Crippen molar-refractivity contribution in [1.82, 2.24) is 4.98 Å². The van der Waals surface area contributed by atoms with Gasteiger partial charge in [0.15, 0.2) is 0 Å². The number of pyridine rings is 1. The van der Waals surface area contributed by atoms with Crippen molar-refractivity contribution < 1.29 is 28.7 Å². The van der Waals surface area contributed by atoms with E-state index in [1.54, 1.807) is 18.2 Å². The van der Waals surface area contributed by atoms with E-state index in [0.29, 0.717) is 12.4 Å². The molecule has 10 heteroatoms. The number of aromatic nitrogens is 1. The molecule has 0 saturated carbocycles. The van der Waals surface area contributed by atoms with Crippen LogP contribution >= 0.6 is 0 Å². The molecule has 0 fully saturated rings. The molecule has 2 N–H and O–H groups in total. The van der Waals surface area contributed by atoms with Crippen LogP contribution in [0.5, 0.6) is 17.5 Å². The van der Waals surface area contributed by atoms with Crippen molar-refractivity contribution >= 4 is 61.2 Å². The minimum Gasteiger partial charge on any atom is -0.462 e. The zero-order chi connectivity index (χ0) is 19.4. The summed E-state index contributed by atoms with van der Waals surface area (Å²) >= 11 is 0.00888. The Morgan fingerprint density at radius 2 is 2.22 bits per heavy atom. The summed E-state index contributed by atoms with van der Waals surface area (Å²) in [5, 5.41) is 10.3. The molecule has 3 rings (SSSR count). The van der Waals surface area contributed by atoms with Gasteiger partial charge in [0, 0.05) is 6.92 Å². The molecule has 0 spiro atoms. The normalized spacial score (nSPS) is 17.6. The third-order valence-electron chi connectivity index (χ3n) is 4.11. The van der Waals surface area contributed by atoms with Gasteiger partial charge >= 0.3 is 163 Å². The van der Waals surface area contributed by atoms with E-state index in [1.807, 2.05) is 12.1 Å². The molecule has 0 amide bonds. The molecule has 1 aliphatic rings. The maximum absolute atomic E-state index is 10.8. The van der Waals surface area contributed by atoms with E-state index >= 15 is 0 Å². The molecule has 0 aliphatic carbocycles. The summed E-state index contributed by atoms with van der Waals surface area (Å²) in [5.41, 5.74) is 2.11. The van der Waals surface area contributed by atoms with Crippen LogP contribution in [0.3, 0.4) is 0 Å². The number of esters is 1. The van der Waals surface area contributed by atoms with Crippen LogP contribution in [0.25, 0.3) is 4.85 Å². The van der Waals surface area contributed by atoms with Gasteiger partial charge in [-0.3, -0.25) is 4.79 Å². The average molecular weight is 444 g/mol. The summed E-state index contributed by atoms with van der Waals surface area (Å²) in [6.07, 6.45) is 0. The standard InChI is InChI=1S/C17H15BN2O6.Sr.H/c1-11(21)23-7-8-24-17-15(19-2)5-6-16(20-17)26-13-3-4-14-12(9-13)10-25-18(14)22;;/h3-6,9,22H,7-8,10H2,1H3;;/q;-1;/p+1. The fourth-order valence-corrected chi connectivity index (χ4v) is 4.63. The molecule has 1 aromatic heterocycles. The van der Waals surface area contributed by atoms with Crippen LogP contribution in [0, 0.1) is 6.57 Å². The second kappa shape index (κ2) is 8.60. The van der Waals surface area contributed by atoms with Crippen LogP contribution in [-0.4, -0.2) is 77.9 Å². The van der Waals surface area contributed by atoms with E-state index in [1.165, 1.54) is 6.92 Å². The van der Waals surface area contributed by atoms with Crippen LogP contribution in [0.1, 0.15) is 12.5 Å². The van der Waals surface area contributed by atoms with Crippen molar-refractivity contribution in [2.75, 3.05) is 13.2 Å². The zero-order valence-corrected chi connectivity index (χ0v) is 19.9. The minimum atomic E-state index is -1.63. The maximum atomic E-state index is 10.8. The monoisotopic (exact) mass is 444 g/mol. The topological polar surface area (TPSA) is 95.0 Å². The van der Waals surface area contributed by atoms with Gasteiger partial charge in [0.25, 0.3) is 0 Å². The van der Waals surface area contributed by atoms with Crippen molar-refractivity contribution in [2.24, 2.45) is 0 Å². The first-order valence-electron chi connectivity index (χ1n) is 8.44. The predicted molar refractivity (Wildman–Crippen MR) is 99.8 cm³/mol. The Morgan fingerprint density at radius 3 is 2.96 bits per heavy atom.